The number of carbonyl (C=O) groups excluding carboxylic acids is 1. The van der Waals surface area contributed by atoms with Crippen molar-refractivity contribution in [2.75, 3.05) is 39.4 Å². The molecule has 2 N–H and O–H groups in total. The van der Waals surface area contributed by atoms with Gasteiger partial charge < -0.3 is 24.7 Å². The van der Waals surface area contributed by atoms with E-state index in [1.807, 2.05) is 0 Å². The van der Waals surface area contributed by atoms with Gasteiger partial charge in [-0.15, -0.1) is 0 Å². The first-order valence-electron chi connectivity index (χ1n) is 6.06. The molecule has 116 valence electrons. The molecule has 0 aromatic heterocycles. The van der Waals surface area contributed by atoms with Gasteiger partial charge in [0.2, 0.25) is 0 Å². The number of rotatable bonds is 7. The maximum Gasteiger partial charge on any atom is 0.329 e. The molecule has 0 unspecified atom stereocenters. The van der Waals surface area contributed by atoms with E-state index in [4.69, 9.17) is 14.9 Å². The Hall–Kier alpha value is -1.48. The summed E-state index contributed by atoms with van der Waals surface area (Å²) in [5, 5.41) is 17.3. The number of ether oxygens (including phenoxy) is 1. The number of carboxylic acids is 1. The van der Waals surface area contributed by atoms with Crippen LogP contribution in [-0.4, -0.2) is 83.4 Å². The molecular formula is C11H18F2N2O5. The number of hydrogen-bond acceptors (Lipinski definition) is 4. The van der Waals surface area contributed by atoms with Crippen LogP contribution in [0.1, 0.15) is 6.92 Å². The quantitative estimate of drug-likeness (QED) is 0.681. The van der Waals surface area contributed by atoms with Gasteiger partial charge in [0, 0.05) is 6.54 Å². The molecule has 0 saturated carbocycles. The van der Waals surface area contributed by atoms with E-state index in [-0.39, 0.29) is 19.6 Å². The Bertz CT molecular complexity index is 361. The number of halogens is 2. The maximum atomic E-state index is 12.3. The zero-order valence-electron chi connectivity index (χ0n) is 11.1. The van der Waals surface area contributed by atoms with Gasteiger partial charge in [-0.25, -0.2) is 18.4 Å². The van der Waals surface area contributed by atoms with Crippen LogP contribution in [0, 0.1) is 0 Å². The fourth-order valence-corrected chi connectivity index (χ4v) is 1.98. The Labute approximate surface area is 114 Å². The minimum absolute atomic E-state index is 0.129. The van der Waals surface area contributed by atoms with Gasteiger partial charge in [0.05, 0.1) is 26.2 Å². The smallest absolute Gasteiger partial charge is 0.329 e. The minimum Gasteiger partial charge on any atom is -0.480 e. The predicted molar refractivity (Wildman–Crippen MR) is 63.6 cm³/mol. The van der Waals surface area contributed by atoms with Crippen LogP contribution in [0.5, 0.6) is 0 Å². The summed E-state index contributed by atoms with van der Waals surface area (Å²) in [4.78, 5) is 24.4. The van der Waals surface area contributed by atoms with Crippen molar-refractivity contribution in [1.82, 2.24) is 9.80 Å². The highest BCUT2D eigenvalue weighted by Gasteiger charge is 2.44. The van der Waals surface area contributed by atoms with E-state index in [0.717, 1.165) is 4.90 Å². The number of urea groups is 1. The summed E-state index contributed by atoms with van der Waals surface area (Å²) >= 11 is 0. The summed E-state index contributed by atoms with van der Waals surface area (Å²) in [5.74, 6) is -1.12. The van der Waals surface area contributed by atoms with Crippen LogP contribution in [-0.2, 0) is 9.53 Å². The molecule has 0 aliphatic carbocycles. The molecule has 0 atom stereocenters. The summed E-state index contributed by atoms with van der Waals surface area (Å²) in [5.41, 5.74) is -0.774. The average molecular weight is 296 g/mol. The molecule has 7 nitrogen and oxygen atoms in total. The van der Waals surface area contributed by atoms with E-state index in [1.54, 1.807) is 6.92 Å². The van der Waals surface area contributed by atoms with Crippen LogP contribution in [0.15, 0.2) is 0 Å². The molecule has 20 heavy (non-hydrogen) atoms. The van der Waals surface area contributed by atoms with E-state index in [0.29, 0.717) is 0 Å². The summed E-state index contributed by atoms with van der Waals surface area (Å²) in [6.45, 7) is 0.0989. The van der Waals surface area contributed by atoms with Crippen LogP contribution < -0.4 is 0 Å². The Kier molecular flexibility index (Phi) is 5.63. The molecular weight excluding hydrogens is 278 g/mol. The van der Waals surface area contributed by atoms with Crippen LogP contribution in [0.2, 0.25) is 0 Å². The second kappa shape index (κ2) is 6.80. The molecule has 1 heterocycles. The normalized spacial score (nSPS) is 16.9. The standard InChI is InChI=1S/C11H18F2N2O5/c1-11(20-5-9(17)18)6-15(7-11)10(19)14(2-3-16)4-8(12)13/h8,16H,2-7H2,1H3,(H,17,18). The van der Waals surface area contributed by atoms with Gasteiger partial charge in [0.15, 0.2) is 0 Å². The highest BCUT2D eigenvalue weighted by Crippen LogP contribution is 2.25. The van der Waals surface area contributed by atoms with Crippen LogP contribution in [0.25, 0.3) is 0 Å². The minimum atomic E-state index is -2.68. The first-order chi connectivity index (χ1) is 9.27. The van der Waals surface area contributed by atoms with Gasteiger partial charge >= 0.3 is 12.0 Å². The third kappa shape index (κ3) is 4.57. The molecule has 0 aromatic rings. The highest BCUT2D eigenvalue weighted by molar-refractivity contribution is 5.76. The number of likely N-dealkylation sites (tertiary alicyclic amines) is 1. The van der Waals surface area contributed by atoms with E-state index in [2.05, 4.69) is 0 Å². The zero-order chi connectivity index (χ0) is 15.3. The number of alkyl halides is 2. The lowest BCUT2D eigenvalue weighted by molar-refractivity contribution is -0.160. The van der Waals surface area contributed by atoms with Crippen LogP contribution in [0.3, 0.4) is 0 Å². The number of aliphatic hydroxyl groups excluding tert-OH is 1. The number of nitrogens with zero attached hydrogens (tertiary/aromatic N) is 2. The lowest BCUT2D eigenvalue weighted by Crippen LogP contribution is -2.66. The zero-order valence-corrected chi connectivity index (χ0v) is 11.1. The van der Waals surface area contributed by atoms with Gasteiger partial charge in [-0.1, -0.05) is 0 Å². The lowest BCUT2D eigenvalue weighted by atomic mass is 9.97. The predicted octanol–water partition coefficient (Wildman–Crippen LogP) is -0.159. The molecule has 2 amide bonds. The van der Waals surface area contributed by atoms with Crippen molar-refractivity contribution in [2.24, 2.45) is 0 Å². The second-order valence-electron chi connectivity index (χ2n) is 4.83. The summed E-state index contributed by atoms with van der Waals surface area (Å²) in [7, 11) is 0. The molecule has 0 bridgehead atoms. The van der Waals surface area contributed by atoms with Gasteiger partial charge in [-0.05, 0) is 6.92 Å². The van der Waals surface area contributed by atoms with Gasteiger partial charge in [-0.2, -0.15) is 0 Å². The third-order valence-corrected chi connectivity index (χ3v) is 2.86. The van der Waals surface area contributed by atoms with E-state index >= 15 is 0 Å². The molecule has 9 heteroatoms. The Morgan fingerprint density at radius 3 is 2.50 bits per heavy atom. The molecule has 1 fully saturated rings. The third-order valence-electron chi connectivity index (χ3n) is 2.86. The highest BCUT2D eigenvalue weighted by atomic mass is 19.3. The van der Waals surface area contributed by atoms with Gasteiger partial charge in [0.1, 0.15) is 12.2 Å². The van der Waals surface area contributed by atoms with Crippen molar-refractivity contribution in [3.8, 4) is 0 Å². The fourth-order valence-electron chi connectivity index (χ4n) is 1.98. The SMILES string of the molecule is CC1(OCC(=O)O)CN(C(=O)N(CCO)CC(F)F)C1. The largest absolute Gasteiger partial charge is 0.480 e. The monoisotopic (exact) mass is 296 g/mol. The van der Waals surface area contributed by atoms with Crippen molar-refractivity contribution in [1.29, 1.82) is 0 Å². The van der Waals surface area contributed by atoms with Gasteiger partial charge in [0.25, 0.3) is 6.43 Å². The summed E-state index contributed by atoms with van der Waals surface area (Å²) < 4.78 is 29.8. The number of aliphatic carboxylic acids is 1. The first kappa shape index (κ1) is 16.6. The molecule has 0 spiro atoms. The van der Waals surface area contributed by atoms with E-state index in [1.165, 1.54) is 4.90 Å². The molecule has 1 rings (SSSR count). The second-order valence-corrected chi connectivity index (χ2v) is 4.83. The Morgan fingerprint density at radius 2 is 2.05 bits per heavy atom. The van der Waals surface area contributed by atoms with Crippen molar-refractivity contribution in [3.05, 3.63) is 0 Å². The molecule has 1 saturated heterocycles. The van der Waals surface area contributed by atoms with E-state index < -0.39 is 43.8 Å². The lowest BCUT2D eigenvalue weighted by Gasteiger charge is -2.48. The molecule has 1 aliphatic heterocycles. The fraction of sp³-hybridized carbons (Fsp3) is 0.818. The van der Waals surface area contributed by atoms with Crippen molar-refractivity contribution in [2.45, 2.75) is 19.0 Å². The number of carboxylic acid groups (broad SMARTS) is 1. The Balaban J connectivity index is 2.47. The van der Waals surface area contributed by atoms with Gasteiger partial charge in [-0.3, -0.25) is 0 Å². The van der Waals surface area contributed by atoms with Crippen molar-refractivity contribution < 1.29 is 33.3 Å². The Morgan fingerprint density at radius 1 is 1.45 bits per heavy atom. The maximum absolute atomic E-state index is 12.3. The average Bonchev–Trinajstić information content (AvgIpc) is 2.31. The van der Waals surface area contributed by atoms with Crippen molar-refractivity contribution >= 4 is 12.0 Å². The number of amides is 2. The summed E-state index contributed by atoms with van der Waals surface area (Å²) in [6.07, 6.45) is -2.68. The topological polar surface area (TPSA) is 90.3 Å². The first-order valence-corrected chi connectivity index (χ1v) is 6.06. The molecule has 0 radical (unpaired) electrons. The summed E-state index contributed by atoms with van der Waals surface area (Å²) in [6, 6.07) is -0.615. The van der Waals surface area contributed by atoms with E-state index in [9.17, 15) is 18.4 Å². The molecule has 0 aromatic carbocycles. The molecule has 1 aliphatic rings. The van der Waals surface area contributed by atoms with Crippen molar-refractivity contribution in [3.63, 3.8) is 0 Å². The number of hydrogen-bond donors (Lipinski definition) is 2. The number of carbonyl (C=O) groups is 2. The van der Waals surface area contributed by atoms with Crippen LogP contribution in [0.4, 0.5) is 13.6 Å². The van der Waals surface area contributed by atoms with Crippen LogP contribution >= 0.6 is 0 Å². The number of aliphatic hydroxyl groups is 1.